The third kappa shape index (κ3) is 3.65. The highest BCUT2D eigenvalue weighted by Gasteiger charge is 2.37. The van der Waals surface area contributed by atoms with E-state index < -0.39 is 0 Å². The van der Waals surface area contributed by atoms with Gasteiger partial charge in [0.2, 0.25) is 0 Å². The maximum Gasteiger partial charge on any atom is 0.126 e. The summed E-state index contributed by atoms with van der Waals surface area (Å²) in [5, 5.41) is 4.14. The number of nitrogens with one attached hydrogen (secondary N) is 1. The van der Waals surface area contributed by atoms with Gasteiger partial charge < -0.3 is 5.32 Å². The summed E-state index contributed by atoms with van der Waals surface area (Å²) in [5.41, 5.74) is 0.715. The molecule has 1 N–H and O–H groups in total. The molecular weight excluding hydrogens is 281 g/mol. The summed E-state index contributed by atoms with van der Waals surface area (Å²) in [6.45, 7) is 5.30. The minimum atomic E-state index is -0.154. The Balaban J connectivity index is 2.18. The Morgan fingerprint density at radius 2 is 2.32 bits per heavy atom. The van der Waals surface area contributed by atoms with Crippen LogP contribution in [0.4, 0.5) is 4.39 Å². The van der Waals surface area contributed by atoms with Crippen LogP contribution in [-0.4, -0.2) is 23.1 Å². The highest BCUT2D eigenvalue weighted by molar-refractivity contribution is 8.00. The van der Waals surface area contributed by atoms with Crippen molar-refractivity contribution in [3.8, 4) is 0 Å². The lowest BCUT2D eigenvalue weighted by atomic mass is 9.90. The lowest BCUT2D eigenvalue weighted by Gasteiger charge is -2.34. The van der Waals surface area contributed by atoms with Gasteiger partial charge in [0.15, 0.2) is 0 Å². The molecule has 1 fully saturated rings. The van der Waals surface area contributed by atoms with Crippen LogP contribution in [0.25, 0.3) is 0 Å². The van der Waals surface area contributed by atoms with Crippen LogP contribution in [0.1, 0.15) is 32.3 Å². The van der Waals surface area contributed by atoms with E-state index in [0.717, 1.165) is 6.54 Å². The standard InChI is InChI=1S/C15H21ClFNS/c1-3-18-14(15(2)7-4-8-19-15)10-11-9-12(16)5-6-13(11)17/h5-6,9,14,18H,3-4,7-8,10H2,1-2H3. The van der Waals surface area contributed by atoms with Crippen LogP contribution < -0.4 is 5.32 Å². The van der Waals surface area contributed by atoms with Gasteiger partial charge in [-0.25, -0.2) is 4.39 Å². The number of thioether (sulfide) groups is 1. The van der Waals surface area contributed by atoms with Gasteiger partial charge in [-0.3, -0.25) is 0 Å². The van der Waals surface area contributed by atoms with Gasteiger partial charge in [-0.05, 0) is 62.2 Å². The molecule has 19 heavy (non-hydrogen) atoms. The van der Waals surface area contributed by atoms with E-state index in [2.05, 4.69) is 19.2 Å². The molecule has 0 spiro atoms. The first-order chi connectivity index (χ1) is 9.05. The number of likely N-dealkylation sites (N-methyl/N-ethyl adjacent to an activating group) is 1. The van der Waals surface area contributed by atoms with E-state index in [1.165, 1.54) is 24.7 Å². The van der Waals surface area contributed by atoms with E-state index in [9.17, 15) is 4.39 Å². The SMILES string of the molecule is CCNC(Cc1cc(Cl)ccc1F)C1(C)CCCS1. The summed E-state index contributed by atoms with van der Waals surface area (Å²) < 4.78 is 14.1. The van der Waals surface area contributed by atoms with E-state index >= 15 is 0 Å². The maximum atomic E-state index is 13.9. The van der Waals surface area contributed by atoms with Crippen molar-refractivity contribution in [2.45, 2.75) is 43.9 Å². The van der Waals surface area contributed by atoms with Crippen LogP contribution in [0.5, 0.6) is 0 Å². The molecule has 106 valence electrons. The zero-order chi connectivity index (χ0) is 13.9. The van der Waals surface area contributed by atoms with Crippen molar-refractivity contribution in [2.24, 2.45) is 0 Å². The van der Waals surface area contributed by atoms with Crippen LogP contribution in [-0.2, 0) is 6.42 Å². The minimum absolute atomic E-state index is 0.154. The molecule has 1 aromatic rings. The summed E-state index contributed by atoms with van der Waals surface area (Å²) in [4.78, 5) is 0. The molecule has 1 aromatic carbocycles. The Labute approximate surface area is 124 Å². The summed E-state index contributed by atoms with van der Waals surface area (Å²) >= 11 is 7.98. The lowest BCUT2D eigenvalue weighted by molar-refractivity contribution is 0.401. The Morgan fingerprint density at radius 1 is 1.53 bits per heavy atom. The summed E-state index contributed by atoms with van der Waals surface area (Å²) in [6.07, 6.45) is 3.14. The average Bonchev–Trinajstić information content (AvgIpc) is 2.81. The van der Waals surface area contributed by atoms with Gasteiger partial charge >= 0.3 is 0 Å². The zero-order valence-corrected chi connectivity index (χ0v) is 13.1. The molecule has 2 atom stereocenters. The van der Waals surface area contributed by atoms with Crippen molar-refractivity contribution in [1.82, 2.24) is 5.32 Å². The maximum absolute atomic E-state index is 13.9. The van der Waals surface area contributed by atoms with Gasteiger partial charge in [0.1, 0.15) is 5.82 Å². The molecule has 0 aliphatic carbocycles. The second-order valence-electron chi connectivity index (χ2n) is 5.31. The molecule has 0 bridgehead atoms. The van der Waals surface area contributed by atoms with Crippen molar-refractivity contribution < 1.29 is 4.39 Å². The summed E-state index contributed by atoms with van der Waals surface area (Å²) in [7, 11) is 0. The highest BCUT2D eigenvalue weighted by Crippen LogP contribution is 2.41. The fourth-order valence-electron chi connectivity index (χ4n) is 2.75. The Bertz CT molecular complexity index is 432. The fraction of sp³-hybridized carbons (Fsp3) is 0.600. The van der Waals surface area contributed by atoms with Crippen LogP contribution in [0.2, 0.25) is 5.02 Å². The van der Waals surface area contributed by atoms with E-state index in [1.807, 2.05) is 11.8 Å². The predicted octanol–water partition coefficient (Wildman–Crippen LogP) is 4.29. The number of benzene rings is 1. The Hall–Kier alpha value is -0.250. The molecule has 2 rings (SSSR count). The molecule has 2 unspecified atom stereocenters. The van der Waals surface area contributed by atoms with Crippen LogP contribution in [0.3, 0.4) is 0 Å². The topological polar surface area (TPSA) is 12.0 Å². The van der Waals surface area contributed by atoms with Crippen molar-refractivity contribution in [3.05, 3.63) is 34.6 Å². The number of halogens is 2. The van der Waals surface area contributed by atoms with Crippen molar-refractivity contribution >= 4 is 23.4 Å². The second-order valence-corrected chi connectivity index (χ2v) is 7.38. The van der Waals surface area contributed by atoms with Gasteiger partial charge in [-0.1, -0.05) is 18.5 Å². The zero-order valence-electron chi connectivity index (χ0n) is 11.5. The van der Waals surface area contributed by atoms with Crippen molar-refractivity contribution in [3.63, 3.8) is 0 Å². The molecule has 0 amide bonds. The van der Waals surface area contributed by atoms with Gasteiger partial charge in [0.05, 0.1) is 0 Å². The fourth-order valence-corrected chi connectivity index (χ4v) is 4.35. The molecule has 4 heteroatoms. The van der Waals surface area contributed by atoms with E-state index in [1.54, 1.807) is 12.1 Å². The largest absolute Gasteiger partial charge is 0.313 e. The average molecular weight is 302 g/mol. The second kappa shape index (κ2) is 6.47. The van der Waals surface area contributed by atoms with Crippen molar-refractivity contribution in [1.29, 1.82) is 0 Å². The molecule has 1 aliphatic heterocycles. The van der Waals surface area contributed by atoms with Crippen LogP contribution in [0, 0.1) is 5.82 Å². The van der Waals surface area contributed by atoms with Gasteiger partial charge in [0, 0.05) is 15.8 Å². The molecular formula is C15H21ClFNS. The third-order valence-corrected chi connectivity index (χ3v) is 5.74. The van der Waals surface area contributed by atoms with Crippen LogP contribution in [0.15, 0.2) is 18.2 Å². The quantitative estimate of drug-likeness (QED) is 0.871. The molecule has 0 aromatic heterocycles. The number of hydrogen-bond donors (Lipinski definition) is 1. The van der Waals surface area contributed by atoms with Crippen molar-refractivity contribution in [2.75, 3.05) is 12.3 Å². The number of hydrogen-bond acceptors (Lipinski definition) is 2. The summed E-state index contributed by atoms with van der Waals surface area (Å²) in [6, 6.07) is 5.11. The first-order valence-corrected chi connectivity index (χ1v) is 8.23. The lowest BCUT2D eigenvalue weighted by Crippen LogP contribution is -2.46. The highest BCUT2D eigenvalue weighted by atomic mass is 35.5. The summed E-state index contributed by atoms with van der Waals surface area (Å²) in [5.74, 6) is 1.05. The molecule has 1 aliphatic rings. The third-order valence-electron chi connectivity index (χ3n) is 3.87. The monoisotopic (exact) mass is 301 g/mol. The normalized spacial score (nSPS) is 24.6. The van der Waals surface area contributed by atoms with Gasteiger partial charge in [-0.2, -0.15) is 11.8 Å². The molecule has 1 saturated heterocycles. The Kier molecular flexibility index (Phi) is 5.15. The van der Waals surface area contributed by atoms with E-state index in [0.29, 0.717) is 17.0 Å². The molecule has 1 nitrogen and oxygen atoms in total. The van der Waals surface area contributed by atoms with E-state index in [4.69, 9.17) is 11.6 Å². The van der Waals surface area contributed by atoms with Gasteiger partial charge in [-0.15, -0.1) is 0 Å². The predicted molar refractivity (Wildman–Crippen MR) is 82.7 cm³/mol. The van der Waals surface area contributed by atoms with Crippen LogP contribution >= 0.6 is 23.4 Å². The number of rotatable bonds is 5. The molecule has 0 saturated carbocycles. The first kappa shape index (κ1) is 15.1. The smallest absolute Gasteiger partial charge is 0.126 e. The first-order valence-electron chi connectivity index (χ1n) is 6.86. The molecule has 1 heterocycles. The van der Waals surface area contributed by atoms with E-state index in [-0.39, 0.29) is 16.6 Å². The van der Waals surface area contributed by atoms with Gasteiger partial charge in [0.25, 0.3) is 0 Å². The minimum Gasteiger partial charge on any atom is -0.313 e. The molecule has 0 radical (unpaired) electrons. The Morgan fingerprint density at radius 3 is 2.95 bits per heavy atom.